The predicted octanol–water partition coefficient (Wildman–Crippen LogP) is 2.34. The molecule has 0 saturated carbocycles. The van der Waals surface area contributed by atoms with Crippen LogP contribution in [0.4, 0.5) is 5.69 Å². The summed E-state index contributed by atoms with van der Waals surface area (Å²) in [7, 11) is 0. The van der Waals surface area contributed by atoms with Gasteiger partial charge < -0.3 is 5.73 Å². The van der Waals surface area contributed by atoms with Gasteiger partial charge in [-0.3, -0.25) is 4.79 Å². The van der Waals surface area contributed by atoms with E-state index in [-0.39, 0.29) is 5.78 Å². The fraction of sp³-hybridized carbons (Fsp3) is 0.182. The van der Waals surface area contributed by atoms with Gasteiger partial charge in [0.25, 0.3) is 0 Å². The highest BCUT2D eigenvalue weighted by molar-refractivity contribution is 6.08. The van der Waals surface area contributed by atoms with Crippen LogP contribution in [0.5, 0.6) is 0 Å². The Bertz CT molecular complexity index is 366. The molecule has 0 amide bonds. The molecule has 1 rings (SSSR count). The number of nitrogens with two attached hydrogens (primary N) is 1. The van der Waals surface area contributed by atoms with Crippen molar-refractivity contribution in [3.8, 4) is 0 Å². The van der Waals surface area contributed by atoms with Gasteiger partial charge >= 0.3 is 0 Å². The first-order valence-electron chi connectivity index (χ1n) is 4.08. The normalized spacial score (nSPS) is 9.69. The summed E-state index contributed by atoms with van der Waals surface area (Å²) in [6.45, 7) is 7.18. The third-order valence-corrected chi connectivity index (χ3v) is 1.92. The second-order valence-electron chi connectivity index (χ2n) is 3.18. The standard InChI is InChI=1S/C11H13NO/c1-7(2)11(13)9-4-5-10(12)8(3)6-9/h4-6H,1,12H2,2-3H3. The molecule has 0 aliphatic carbocycles. The number of aryl methyl sites for hydroxylation is 1. The minimum absolute atomic E-state index is 0.0249. The summed E-state index contributed by atoms with van der Waals surface area (Å²) in [6, 6.07) is 5.25. The van der Waals surface area contributed by atoms with Gasteiger partial charge in [0.15, 0.2) is 5.78 Å². The number of ketones is 1. The molecule has 0 aliphatic rings. The van der Waals surface area contributed by atoms with E-state index in [9.17, 15) is 4.79 Å². The van der Waals surface area contributed by atoms with Gasteiger partial charge in [-0.1, -0.05) is 6.58 Å². The Labute approximate surface area is 78.1 Å². The lowest BCUT2D eigenvalue weighted by molar-refractivity contribution is 0.103. The third-order valence-electron chi connectivity index (χ3n) is 1.92. The van der Waals surface area contributed by atoms with Crippen LogP contribution in [0, 0.1) is 6.92 Å². The van der Waals surface area contributed by atoms with Gasteiger partial charge in [-0.2, -0.15) is 0 Å². The van der Waals surface area contributed by atoms with E-state index in [2.05, 4.69) is 6.58 Å². The molecule has 0 atom stereocenters. The highest BCUT2D eigenvalue weighted by Crippen LogP contribution is 2.14. The zero-order valence-corrected chi connectivity index (χ0v) is 7.92. The van der Waals surface area contributed by atoms with E-state index < -0.39 is 0 Å². The van der Waals surface area contributed by atoms with Crippen LogP contribution < -0.4 is 5.73 Å². The van der Waals surface area contributed by atoms with Gasteiger partial charge in [0.05, 0.1) is 0 Å². The van der Waals surface area contributed by atoms with Crippen LogP contribution in [-0.2, 0) is 0 Å². The summed E-state index contributed by atoms with van der Waals surface area (Å²) in [5.41, 5.74) is 8.46. The van der Waals surface area contributed by atoms with Crippen LogP contribution in [0.1, 0.15) is 22.8 Å². The number of benzene rings is 1. The minimum Gasteiger partial charge on any atom is -0.399 e. The molecule has 1 aromatic rings. The Morgan fingerprint density at radius 2 is 2.08 bits per heavy atom. The minimum atomic E-state index is -0.0249. The maximum absolute atomic E-state index is 11.5. The molecule has 0 aliphatic heterocycles. The lowest BCUT2D eigenvalue weighted by Crippen LogP contribution is -2.01. The van der Waals surface area contributed by atoms with Crippen LogP contribution in [0.3, 0.4) is 0 Å². The van der Waals surface area contributed by atoms with Crippen molar-refractivity contribution < 1.29 is 4.79 Å². The van der Waals surface area contributed by atoms with Gasteiger partial charge in [-0.25, -0.2) is 0 Å². The fourth-order valence-electron chi connectivity index (χ4n) is 1.06. The number of allylic oxidation sites excluding steroid dienone is 1. The zero-order chi connectivity index (χ0) is 10.0. The number of carbonyl (C=O) groups excluding carboxylic acids is 1. The average molecular weight is 175 g/mol. The summed E-state index contributed by atoms with van der Waals surface area (Å²) < 4.78 is 0. The van der Waals surface area contributed by atoms with Gasteiger partial charge in [-0.15, -0.1) is 0 Å². The highest BCUT2D eigenvalue weighted by Gasteiger charge is 2.06. The number of rotatable bonds is 2. The molecule has 68 valence electrons. The van der Waals surface area contributed by atoms with Crippen LogP contribution in [0.25, 0.3) is 0 Å². The van der Waals surface area contributed by atoms with Crippen LogP contribution >= 0.6 is 0 Å². The maximum Gasteiger partial charge on any atom is 0.188 e. The summed E-state index contributed by atoms with van der Waals surface area (Å²) in [4.78, 5) is 11.5. The molecular formula is C11H13NO. The van der Waals surface area contributed by atoms with Gasteiger partial charge in [-0.05, 0) is 43.2 Å². The van der Waals surface area contributed by atoms with Crippen molar-refractivity contribution in [2.45, 2.75) is 13.8 Å². The van der Waals surface area contributed by atoms with E-state index in [0.29, 0.717) is 16.8 Å². The molecule has 0 radical (unpaired) electrons. The predicted molar refractivity (Wildman–Crippen MR) is 54.7 cm³/mol. The quantitative estimate of drug-likeness (QED) is 0.426. The molecule has 0 fully saturated rings. The van der Waals surface area contributed by atoms with E-state index in [1.807, 2.05) is 6.92 Å². The SMILES string of the molecule is C=C(C)C(=O)c1ccc(N)c(C)c1. The van der Waals surface area contributed by atoms with Crippen molar-refractivity contribution >= 4 is 11.5 Å². The first-order chi connectivity index (χ1) is 6.02. The summed E-state index contributed by atoms with van der Waals surface area (Å²) in [6.07, 6.45) is 0. The smallest absolute Gasteiger partial charge is 0.188 e. The van der Waals surface area contributed by atoms with Crippen LogP contribution in [0.15, 0.2) is 30.4 Å². The monoisotopic (exact) mass is 175 g/mol. The average Bonchev–Trinajstić information content (AvgIpc) is 2.08. The number of nitrogen functional groups attached to an aromatic ring is 1. The molecule has 0 aromatic heterocycles. The van der Waals surface area contributed by atoms with E-state index in [0.717, 1.165) is 5.56 Å². The number of Topliss-reactive ketones (excluding diaryl/α,β-unsaturated/α-hetero) is 1. The topological polar surface area (TPSA) is 43.1 Å². The van der Waals surface area contributed by atoms with E-state index >= 15 is 0 Å². The molecule has 0 bridgehead atoms. The second-order valence-corrected chi connectivity index (χ2v) is 3.18. The lowest BCUT2D eigenvalue weighted by Gasteiger charge is -2.03. The molecule has 13 heavy (non-hydrogen) atoms. The number of carbonyl (C=O) groups is 1. The lowest BCUT2D eigenvalue weighted by atomic mass is 10.0. The third kappa shape index (κ3) is 1.96. The second kappa shape index (κ2) is 3.44. The number of anilines is 1. The Balaban J connectivity index is 3.11. The maximum atomic E-state index is 11.5. The molecule has 0 saturated heterocycles. The van der Waals surface area contributed by atoms with Crippen molar-refractivity contribution in [3.63, 3.8) is 0 Å². The molecular weight excluding hydrogens is 162 g/mol. The van der Waals surface area contributed by atoms with Crippen molar-refractivity contribution in [3.05, 3.63) is 41.5 Å². The highest BCUT2D eigenvalue weighted by atomic mass is 16.1. The first-order valence-corrected chi connectivity index (χ1v) is 4.08. The van der Waals surface area contributed by atoms with E-state index in [1.165, 1.54) is 0 Å². The van der Waals surface area contributed by atoms with Crippen molar-refractivity contribution in [2.75, 3.05) is 5.73 Å². The molecule has 0 heterocycles. The van der Waals surface area contributed by atoms with E-state index in [1.54, 1.807) is 25.1 Å². The number of hydrogen-bond acceptors (Lipinski definition) is 2. The Kier molecular flexibility index (Phi) is 2.52. The first kappa shape index (κ1) is 9.52. The molecule has 2 heteroatoms. The van der Waals surface area contributed by atoms with Gasteiger partial charge in [0.2, 0.25) is 0 Å². The summed E-state index contributed by atoms with van der Waals surface area (Å²) >= 11 is 0. The molecule has 1 aromatic carbocycles. The summed E-state index contributed by atoms with van der Waals surface area (Å²) in [5, 5.41) is 0. The molecule has 2 N–H and O–H groups in total. The molecule has 0 unspecified atom stereocenters. The van der Waals surface area contributed by atoms with E-state index in [4.69, 9.17) is 5.73 Å². The van der Waals surface area contributed by atoms with Crippen LogP contribution in [-0.4, -0.2) is 5.78 Å². The van der Waals surface area contributed by atoms with Crippen molar-refractivity contribution in [1.82, 2.24) is 0 Å². The van der Waals surface area contributed by atoms with Gasteiger partial charge in [0.1, 0.15) is 0 Å². The van der Waals surface area contributed by atoms with Crippen molar-refractivity contribution in [2.24, 2.45) is 0 Å². The summed E-state index contributed by atoms with van der Waals surface area (Å²) in [5.74, 6) is -0.0249. The Morgan fingerprint density at radius 3 is 2.54 bits per heavy atom. The van der Waals surface area contributed by atoms with Crippen LogP contribution in [0.2, 0.25) is 0 Å². The largest absolute Gasteiger partial charge is 0.399 e. The fourth-order valence-corrected chi connectivity index (χ4v) is 1.06. The van der Waals surface area contributed by atoms with Crippen molar-refractivity contribution in [1.29, 1.82) is 0 Å². The number of hydrogen-bond donors (Lipinski definition) is 1. The molecule has 2 nitrogen and oxygen atoms in total. The zero-order valence-electron chi connectivity index (χ0n) is 7.92. The Morgan fingerprint density at radius 1 is 1.46 bits per heavy atom. The molecule has 0 spiro atoms. The Hall–Kier alpha value is -1.57. The van der Waals surface area contributed by atoms with Gasteiger partial charge in [0, 0.05) is 11.3 Å².